The van der Waals surface area contributed by atoms with Crippen LogP contribution in [-0.2, 0) is 0 Å². The maximum Gasteiger partial charge on any atom is 0.166 e. The van der Waals surface area contributed by atoms with Crippen molar-refractivity contribution in [1.29, 1.82) is 0 Å². The van der Waals surface area contributed by atoms with Crippen molar-refractivity contribution in [2.24, 2.45) is 0 Å². The van der Waals surface area contributed by atoms with E-state index in [0.717, 1.165) is 0 Å². The fourth-order valence-electron chi connectivity index (χ4n) is 0.468. The molecule has 0 rings (SSSR count). The van der Waals surface area contributed by atoms with E-state index in [1.54, 1.807) is 13.0 Å². The second-order valence-corrected chi connectivity index (χ2v) is 2.64. The van der Waals surface area contributed by atoms with Crippen LogP contribution in [-0.4, -0.2) is 29.4 Å². The summed E-state index contributed by atoms with van der Waals surface area (Å²) in [4.78, 5) is 0. The molecule has 0 spiro atoms. The summed E-state index contributed by atoms with van der Waals surface area (Å²) in [5, 5.41) is 15.1. The molecule has 0 fully saturated rings. The van der Waals surface area contributed by atoms with Gasteiger partial charge >= 0.3 is 0 Å². The van der Waals surface area contributed by atoms with Crippen LogP contribution in [0.4, 0.5) is 0 Å². The molecule has 11 heavy (non-hydrogen) atoms. The Morgan fingerprint density at radius 1 is 1.73 bits per heavy atom. The molecule has 0 radical (unpaired) electrons. The summed E-state index contributed by atoms with van der Waals surface area (Å²) in [6.07, 6.45) is 1.34. The summed E-state index contributed by atoms with van der Waals surface area (Å²) in [5.74, 6) is 0. The summed E-state index contributed by atoms with van der Waals surface area (Å²) in [5.41, 5.74) is 0. The van der Waals surface area contributed by atoms with Gasteiger partial charge in [0.1, 0.15) is 0 Å². The minimum atomic E-state index is -0.376. The Kier molecular flexibility index (Phi) is 5.78. The fraction of sp³-hybridized carbons (Fsp3) is 0.571. The highest BCUT2D eigenvalue weighted by molar-refractivity contribution is 7.80. The highest BCUT2D eigenvalue weighted by atomic mass is 32.1. The van der Waals surface area contributed by atoms with E-state index in [1.165, 1.54) is 0 Å². The molecule has 0 aliphatic carbocycles. The molecule has 3 N–H and O–H groups in total. The third-order valence-corrected chi connectivity index (χ3v) is 1.25. The summed E-state index contributed by atoms with van der Waals surface area (Å²) < 4.78 is 0. The predicted molar refractivity (Wildman–Crippen MR) is 50.5 cm³/mol. The van der Waals surface area contributed by atoms with Gasteiger partial charge in [0, 0.05) is 13.1 Å². The number of aliphatic hydroxyl groups is 1. The number of thiocarbonyl (C=S) groups is 1. The lowest BCUT2D eigenvalue weighted by molar-refractivity contribution is 0.198. The van der Waals surface area contributed by atoms with Gasteiger partial charge in [-0.2, -0.15) is 0 Å². The smallest absolute Gasteiger partial charge is 0.166 e. The van der Waals surface area contributed by atoms with E-state index >= 15 is 0 Å². The van der Waals surface area contributed by atoms with Gasteiger partial charge in [0.25, 0.3) is 0 Å². The maximum atomic E-state index is 8.86. The summed E-state index contributed by atoms with van der Waals surface area (Å²) >= 11 is 4.86. The Labute approximate surface area is 72.5 Å². The minimum absolute atomic E-state index is 0.376. The topological polar surface area (TPSA) is 44.3 Å². The first-order valence-electron chi connectivity index (χ1n) is 3.47. The van der Waals surface area contributed by atoms with Gasteiger partial charge in [-0.15, -0.1) is 6.58 Å². The minimum Gasteiger partial charge on any atom is -0.392 e. The zero-order chi connectivity index (χ0) is 8.69. The second-order valence-electron chi connectivity index (χ2n) is 2.23. The molecule has 0 saturated carbocycles. The molecule has 0 aromatic heterocycles. The van der Waals surface area contributed by atoms with Crippen LogP contribution in [0.1, 0.15) is 6.92 Å². The molecule has 0 saturated heterocycles. The average Bonchev–Trinajstić information content (AvgIpc) is 1.97. The van der Waals surface area contributed by atoms with Crippen molar-refractivity contribution in [1.82, 2.24) is 10.6 Å². The van der Waals surface area contributed by atoms with Gasteiger partial charge in [-0.3, -0.25) is 0 Å². The van der Waals surface area contributed by atoms with Crippen LogP contribution in [0.5, 0.6) is 0 Å². The van der Waals surface area contributed by atoms with Crippen molar-refractivity contribution in [3.8, 4) is 0 Å². The zero-order valence-corrected chi connectivity index (χ0v) is 7.45. The van der Waals surface area contributed by atoms with E-state index in [0.29, 0.717) is 18.2 Å². The van der Waals surface area contributed by atoms with E-state index < -0.39 is 0 Å². The Bertz CT molecular complexity index is 136. The van der Waals surface area contributed by atoms with E-state index in [1.807, 2.05) is 0 Å². The number of nitrogens with one attached hydrogen (secondary N) is 2. The highest BCUT2D eigenvalue weighted by Gasteiger charge is 1.95. The predicted octanol–water partition coefficient (Wildman–Crippen LogP) is 0.0173. The average molecular weight is 174 g/mol. The SMILES string of the molecule is C=CCNC(=S)NCC(C)O. The summed E-state index contributed by atoms with van der Waals surface area (Å²) in [6.45, 7) is 6.35. The van der Waals surface area contributed by atoms with Crippen LogP contribution < -0.4 is 10.6 Å². The molecule has 0 aromatic rings. The molecular weight excluding hydrogens is 160 g/mol. The van der Waals surface area contributed by atoms with Gasteiger partial charge in [-0.25, -0.2) is 0 Å². The number of aliphatic hydroxyl groups excluding tert-OH is 1. The lowest BCUT2D eigenvalue weighted by Gasteiger charge is -2.09. The fourth-order valence-corrected chi connectivity index (χ4v) is 0.634. The van der Waals surface area contributed by atoms with Crippen LogP contribution in [0.15, 0.2) is 12.7 Å². The molecule has 0 bridgehead atoms. The van der Waals surface area contributed by atoms with Gasteiger partial charge in [-0.1, -0.05) is 6.08 Å². The van der Waals surface area contributed by atoms with Crippen LogP contribution in [0.3, 0.4) is 0 Å². The number of hydrogen-bond acceptors (Lipinski definition) is 2. The second kappa shape index (κ2) is 6.12. The van der Waals surface area contributed by atoms with Gasteiger partial charge in [0.15, 0.2) is 5.11 Å². The van der Waals surface area contributed by atoms with Crippen molar-refractivity contribution in [3.05, 3.63) is 12.7 Å². The van der Waals surface area contributed by atoms with Crippen molar-refractivity contribution >= 4 is 17.3 Å². The quantitative estimate of drug-likeness (QED) is 0.415. The van der Waals surface area contributed by atoms with Crippen LogP contribution in [0.2, 0.25) is 0 Å². The molecule has 1 atom stereocenters. The third kappa shape index (κ3) is 7.29. The van der Waals surface area contributed by atoms with Crippen molar-refractivity contribution < 1.29 is 5.11 Å². The summed E-state index contributed by atoms with van der Waals surface area (Å²) in [6, 6.07) is 0. The molecule has 0 aliphatic rings. The molecule has 64 valence electrons. The molecule has 4 heteroatoms. The normalized spacial score (nSPS) is 11.8. The Morgan fingerprint density at radius 2 is 2.36 bits per heavy atom. The Hall–Kier alpha value is -0.610. The first-order valence-corrected chi connectivity index (χ1v) is 3.88. The van der Waals surface area contributed by atoms with E-state index in [2.05, 4.69) is 17.2 Å². The molecule has 0 heterocycles. The van der Waals surface area contributed by atoms with Crippen LogP contribution in [0, 0.1) is 0 Å². The lowest BCUT2D eigenvalue weighted by Crippen LogP contribution is -2.38. The maximum absolute atomic E-state index is 8.86. The molecule has 0 amide bonds. The van der Waals surface area contributed by atoms with E-state index in [9.17, 15) is 0 Å². The van der Waals surface area contributed by atoms with E-state index in [4.69, 9.17) is 17.3 Å². The molecule has 3 nitrogen and oxygen atoms in total. The summed E-state index contributed by atoms with van der Waals surface area (Å²) in [7, 11) is 0. The first kappa shape index (κ1) is 10.4. The number of rotatable bonds is 4. The highest BCUT2D eigenvalue weighted by Crippen LogP contribution is 1.75. The van der Waals surface area contributed by atoms with Crippen molar-refractivity contribution in [3.63, 3.8) is 0 Å². The van der Waals surface area contributed by atoms with Gasteiger partial charge in [0.2, 0.25) is 0 Å². The van der Waals surface area contributed by atoms with Gasteiger partial charge < -0.3 is 15.7 Å². The van der Waals surface area contributed by atoms with Gasteiger partial charge in [0.05, 0.1) is 6.10 Å². The van der Waals surface area contributed by atoms with Crippen LogP contribution >= 0.6 is 12.2 Å². The Balaban J connectivity index is 3.29. The zero-order valence-electron chi connectivity index (χ0n) is 6.63. The Morgan fingerprint density at radius 3 is 2.82 bits per heavy atom. The van der Waals surface area contributed by atoms with Crippen molar-refractivity contribution in [2.45, 2.75) is 13.0 Å². The molecule has 0 aliphatic heterocycles. The largest absolute Gasteiger partial charge is 0.392 e. The standard InChI is InChI=1S/C7H14N2OS/c1-3-4-8-7(11)9-5-6(2)10/h3,6,10H,1,4-5H2,2H3,(H2,8,9,11). The molecule has 1 unspecified atom stereocenters. The third-order valence-electron chi connectivity index (χ3n) is 0.965. The molecular formula is C7H14N2OS. The monoisotopic (exact) mass is 174 g/mol. The van der Waals surface area contributed by atoms with Crippen molar-refractivity contribution in [2.75, 3.05) is 13.1 Å². The first-order chi connectivity index (χ1) is 5.16. The van der Waals surface area contributed by atoms with Gasteiger partial charge in [-0.05, 0) is 19.1 Å². The van der Waals surface area contributed by atoms with E-state index in [-0.39, 0.29) is 6.10 Å². The lowest BCUT2D eigenvalue weighted by atomic mass is 10.4. The van der Waals surface area contributed by atoms with Crippen LogP contribution in [0.25, 0.3) is 0 Å². The molecule has 0 aromatic carbocycles. The number of hydrogen-bond donors (Lipinski definition) is 3.